The summed E-state index contributed by atoms with van der Waals surface area (Å²) in [6.07, 6.45) is -0.533. The fraction of sp³-hybridized carbons (Fsp3) is 0.429. The van der Waals surface area contributed by atoms with Crippen molar-refractivity contribution in [2.45, 2.75) is 26.4 Å². The van der Waals surface area contributed by atoms with Crippen LogP contribution in [0, 0.1) is 5.82 Å². The van der Waals surface area contributed by atoms with Gasteiger partial charge >= 0.3 is 12.1 Å². The Hall–Kier alpha value is -2.31. The van der Waals surface area contributed by atoms with E-state index >= 15 is 0 Å². The molecule has 0 aliphatic rings. The number of ether oxygens (including phenoxy) is 1. The maximum atomic E-state index is 13.2. The molecule has 21 heavy (non-hydrogen) atoms. The molecule has 116 valence electrons. The van der Waals surface area contributed by atoms with Crippen molar-refractivity contribution in [2.24, 2.45) is 0 Å². The third-order valence-corrected chi connectivity index (χ3v) is 2.32. The van der Waals surface area contributed by atoms with E-state index < -0.39 is 29.0 Å². The van der Waals surface area contributed by atoms with Gasteiger partial charge in [-0.2, -0.15) is 0 Å². The number of aromatic carboxylic acids is 1. The molecule has 1 aromatic rings. The number of hydrogen-bond donors (Lipinski definition) is 3. The molecule has 0 saturated carbocycles. The predicted octanol–water partition coefficient (Wildman–Crippen LogP) is 2.46. The fourth-order valence-corrected chi connectivity index (χ4v) is 1.48. The van der Waals surface area contributed by atoms with E-state index in [1.54, 1.807) is 20.8 Å². The number of halogens is 1. The van der Waals surface area contributed by atoms with Gasteiger partial charge in [-0.05, 0) is 39.0 Å². The molecule has 0 heterocycles. The number of nitrogens with one attached hydrogen (secondary N) is 2. The summed E-state index contributed by atoms with van der Waals surface area (Å²) in [7, 11) is 0. The largest absolute Gasteiger partial charge is 0.478 e. The molecule has 0 saturated heterocycles. The van der Waals surface area contributed by atoms with Crippen LogP contribution >= 0.6 is 0 Å². The normalized spacial score (nSPS) is 10.9. The van der Waals surface area contributed by atoms with Crippen molar-refractivity contribution >= 4 is 17.7 Å². The molecule has 1 amide bonds. The fourth-order valence-electron chi connectivity index (χ4n) is 1.48. The van der Waals surface area contributed by atoms with Gasteiger partial charge in [0.2, 0.25) is 0 Å². The summed E-state index contributed by atoms with van der Waals surface area (Å²) >= 11 is 0. The molecule has 0 radical (unpaired) electrons. The SMILES string of the molecule is CC(C)(C)OC(=O)NCCNc1ccc(F)c(C(=O)O)c1. The number of hydrogen-bond acceptors (Lipinski definition) is 4. The zero-order chi connectivity index (χ0) is 16.0. The van der Waals surface area contributed by atoms with Crippen LogP contribution in [0.3, 0.4) is 0 Å². The molecule has 0 aliphatic heterocycles. The van der Waals surface area contributed by atoms with Crippen molar-refractivity contribution in [3.05, 3.63) is 29.6 Å². The van der Waals surface area contributed by atoms with Gasteiger partial charge in [-0.25, -0.2) is 14.0 Å². The smallest absolute Gasteiger partial charge is 0.407 e. The van der Waals surface area contributed by atoms with Gasteiger partial charge in [-0.3, -0.25) is 0 Å². The van der Waals surface area contributed by atoms with Crippen LogP contribution in [0.1, 0.15) is 31.1 Å². The maximum Gasteiger partial charge on any atom is 0.407 e. The summed E-state index contributed by atoms with van der Waals surface area (Å²) in [5, 5.41) is 14.2. The molecule has 0 aliphatic carbocycles. The highest BCUT2D eigenvalue weighted by Crippen LogP contribution is 2.14. The topological polar surface area (TPSA) is 87.7 Å². The summed E-state index contributed by atoms with van der Waals surface area (Å²) < 4.78 is 18.2. The van der Waals surface area contributed by atoms with Crippen molar-refractivity contribution in [3.8, 4) is 0 Å². The van der Waals surface area contributed by atoms with Crippen molar-refractivity contribution in [1.29, 1.82) is 0 Å². The zero-order valence-electron chi connectivity index (χ0n) is 12.2. The molecular formula is C14H19FN2O4. The van der Waals surface area contributed by atoms with Crippen LogP contribution in [-0.2, 0) is 4.74 Å². The molecule has 0 aromatic heterocycles. The van der Waals surface area contributed by atoms with Crippen LogP contribution in [0.5, 0.6) is 0 Å². The van der Waals surface area contributed by atoms with E-state index in [4.69, 9.17) is 9.84 Å². The number of carbonyl (C=O) groups is 2. The quantitative estimate of drug-likeness (QED) is 0.727. The number of benzene rings is 1. The first-order chi connectivity index (χ1) is 9.69. The summed E-state index contributed by atoms with van der Waals surface area (Å²) in [6.45, 7) is 5.92. The number of alkyl carbamates (subject to hydrolysis) is 1. The minimum atomic E-state index is -1.33. The highest BCUT2D eigenvalue weighted by molar-refractivity contribution is 5.89. The van der Waals surface area contributed by atoms with Gasteiger partial charge in [0.1, 0.15) is 11.4 Å². The average molecular weight is 298 g/mol. The number of carboxylic acid groups (broad SMARTS) is 1. The lowest BCUT2D eigenvalue weighted by molar-refractivity contribution is 0.0529. The van der Waals surface area contributed by atoms with Gasteiger partial charge in [0.25, 0.3) is 0 Å². The van der Waals surface area contributed by atoms with Gasteiger partial charge in [0.05, 0.1) is 5.56 Å². The minimum Gasteiger partial charge on any atom is -0.478 e. The molecule has 1 aromatic carbocycles. The number of carbonyl (C=O) groups excluding carboxylic acids is 1. The first-order valence-corrected chi connectivity index (χ1v) is 6.42. The molecule has 0 fully saturated rings. The Balaban J connectivity index is 2.41. The first-order valence-electron chi connectivity index (χ1n) is 6.42. The lowest BCUT2D eigenvalue weighted by Crippen LogP contribution is -2.35. The van der Waals surface area contributed by atoms with Crippen LogP contribution < -0.4 is 10.6 Å². The molecule has 0 unspecified atom stereocenters. The Labute approximate surface area is 122 Å². The Bertz CT molecular complexity index is 526. The molecular weight excluding hydrogens is 279 g/mol. The lowest BCUT2D eigenvalue weighted by atomic mass is 10.2. The Morgan fingerprint density at radius 2 is 1.95 bits per heavy atom. The van der Waals surface area contributed by atoms with Crippen LogP contribution in [-0.4, -0.2) is 35.9 Å². The second-order valence-corrected chi connectivity index (χ2v) is 5.36. The van der Waals surface area contributed by atoms with Gasteiger partial charge in [0, 0.05) is 18.8 Å². The highest BCUT2D eigenvalue weighted by atomic mass is 19.1. The highest BCUT2D eigenvalue weighted by Gasteiger charge is 2.15. The van der Waals surface area contributed by atoms with Crippen LogP contribution in [0.2, 0.25) is 0 Å². The average Bonchev–Trinajstić information content (AvgIpc) is 2.34. The van der Waals surface area contributed by atoms with E-state index in [2.05, 4.69) is 10.6 Å². The molecule has 6 nitrogen and oxygen atoms in total. The predicted molar refractivity (Wildman–Crippen MR) is 76.1 cm³/mol. The minimum absolute atomic E-state index is 0.286. The Morgan fingerprint density at radius 3 is 2.52 bits per heavy atom. The molecule has 1 rings (SSSR count). The standard InChI is InChI=1S/C14H19FN2O4/c1-14(2,3)21-13(20)17-7-6-16-9-4-5-11(15)10(8-9)12(18)19/h4-5,8,16H,6-7H2,1-3H3,(H,17,20)(H,18,19). The number of anilines is 1. The molecule has 7 heteroatoms. The third-order valence-electron chi connectivity index (χ3n) is 2.32. The maximum absolute atomic E-state index is 13.2. The van der Waals surface area contributed by atoms with Crippen LogP contribution in [0.25, 0.3) is 0 Å². The second kappa shape index (κ2) is 6.92. The van der Waals surface area contributed by atoms with Crippen molar-refractivity contribution < 1.29 is 23.8 Å². The van der Waals surface area contributed by atoms with Crippen LogP contribution in [0.4, 0.5) is 14.9 Å². The van der Waals surface area contributed by atoms with E-state index in [9.17, 15) is 14.0 Å². The summed E-state index contributed by atoms with van der Waals surface area (Å²) in [4.78, 5) is 22.2. The van der Waals surface area contributed by atoms with Crippen molar-refractivity contribution in [2.75, 3.05) is 18.4 Å². The summed E-state index contributed by atoms with van der Waals surface area (Å²) in [5.41, 5.74) is -0.509. The van der Waals surface area contributed by atoms with E-state index in [0.29, 0.717) is 12.2 Å². The van der Waals surface area contributed by atoms with Gasteiger partial charge in [-0.15, -0.1) is 0 Å². The van der Waals surface area contributed by atoms with E-state index in [1.807, 2.05) is 0 Å². The third kappa shape index (κ3) is 6.11. The Kier molecular flexibility index (Phi) is 5.52. The Morgan fingerprint density at radius 1 is 1.29 bits per heavy atom. The summed E-state index contributed by atoms with van der Waals surface area (Å²) in [6, 6.07) is 3.70. The van der Waals surface area contributed by atoms with Crippen LogP contribution in [0.15, 0.2) is 18.2 Å². The van der Waals surface area contributed by atoms with E-state index in [0.717, 1.165) is 6.07 Å². The van der Waals surface area contributed by atoms with Crippen molar-refractivity contribution in [3.63, 3.8) is 0 Å². The second-order valence-electron chi connectivity index (χ2n) is 5.36. The number of rotatable bonds is 5. The molecule has 0 bridgehead atoms. The summed E-state index contributed by atoms with van der Waals surface area (Å²) in [5.74, 6) is -2.12. The van der Waals surface area contributed by atoms with Gasteiger partial charge in [-0.1, -0.05) is 0 Å². The zero-order valence-corrected chi connectivity index (χ0v) is 12.2. The molecule has 3 N–H and O–H groups in total. The van der Waals surface area contributed by atoms with Crippen molar-refractivity contribution in [1.82, 2.24) is 5.32 Å². The van der Waals surface area contributed by atoms with Gasteiger partial charge in [0.15, 0.2) is 0 Å². The first kappa shape index (κ1) is 16.7. The molecule has 0 atom stereocenters. The van der Waals surface area contributed by atoms with Gasteiger partial charge < -0.3 is 20.5 Å². The molecule has 0 spiro atoms. The monoisotopic (exact) mass is 298 g/mol. The number of amides is 1. The number of carboxylic acids is 1. The lowest BCUT2D eigenvalue weighted by Gasteiger charge is -2.19. The van der Waals surface area contributed by atoms with E-state index in [1.165, 1.54) is 12.1 Å². The van der Waals surface area contributed by atoms with E-state index in [-0.39, 0.29) is 6.54 Å².